The largest absolute Gasteiger partial charge is 0.357 e. The molecule has 0 saturated heterocycles. The Bertz CT molecular complexity index is 393. The monoisotopic (exact) mass is 237 g/mol. The summed E-state index contributed by atoms with van der Waals surface area (Å²) in [5.41, 5.74) is 0.941. The van der Waals surface area contributed by atoms with Crippen LogP contribution in [0.5, 0.6) is 0 Å². The summed E-state index contributed by atoms with van der Waals surface area (Å²) in [5, 5.41) is 5.63. The van der Waals surface area contributed by atoms with Gasteiger partial charge in [-0.25, -0.2) is 4.98 Å². The minimum atomic E-state index is -0.0148. The predicted octanol–water partition coefficient (Wildman–Crippen LogP) is 0.399. The molecule has 1 aromatic heterocycles. The molecule has 1 rings (SSSR count). The fourth-order valence-corrected chi connectivity index (χ4v) is 1.48. The smallest absolute Gasteiger partial charge is 0.239 e. The Morgan fingerprint density at radius 2 is 2.24 bits per heavy atom. The molecule has 0 fully saturated rings. The van der Waals surface area contributed by atoms with Crippen LogP contribution in [-0.4, -0.2) is 43.1 Å². The Labute approximate surface area is 101 Å². The van der Waals surface area contributed by atoms with Gasteiger partial charge in [-0.1, -0.05) is 0 Å². The second-order valence-corrected chi connectivity index (χ2v) is 3.76. The van der Waals surface area contributed by atoms with Crippen molar-refractivity contribution in [2.24, 2.45) is 0 Å². The van der Waals surface area contributed by atoms with E-state index in [4.69, 9.17) is 0 Å². The van der Waals surface area contributed by atoms with Crippen molar-refractivity contribution in [3.05, 3.63) is 11.8 Å². The number of rotatable bonds is 5. The molecule has 1 amide bonds. The lowest BCUT2D eigenvalue weighted by Crippen LogP contribution is -2.35. The minimum absolute atomic E-state index is 0.0148. The fraction of sp³-hybridized carbons (Fsp3) is 0.545. The van der Waals surface area contributed by atoms with Crippen LogP contribution in [-0.2, 0) is 4.79 Å². The molecule has 0 aliphatic rings. The van der Waals surface area contributed by atoms with Gasteiger partial charge >= 0.3 is 0 Å². The SMILES string of the molecule is CCNC(=O)CN(C)c1nc(NC)ncc1C. The third kappa shape index (κ3) is 3.58. The van der Waals surface area contributed by atoms with Crippen molar-refractivity contribution in [1.29, 1.82) is 0 Å². The lowest BCUT2D eigenvalue weighted by Gasteiger charge is -2.19. The Hall–Kier alpha value is -1.85. The maximum absolute atomic E-state index is 11.5. The molecule has 6 heteroatoms. The molecule has 0 aliphatic heterocycles. The number of anilines is 2. The van der Waals surface area contributed by atoms with E-state index < -0.39 is 0 Å². The third-order valence-electron chi connectivity index (χ3n) is 2.28. The van der Waals surface area contributed by atoms with E-state index in [0.717, 1.165) is 11.4 Å². The summed E-state index contributed by atoms with van der Waals surface area (Å²) in [5.74, 6) is 1.29. The maximum Gasteiger partial charge on any atom is 0.239 e. The van der Waals surface area contributed by atoms with E-state index in [0.29, 0.717) is 12.5 Å². The molecule has 0 atom stereocenters. The van der Waals surface area contributed by atoms with Crippen LogP contribution in [0, 0.1) is 6.92 Å². The van der Waals surface area contributed by atoms with Crippen LogP contribution in [0.4, 0.5) is 11.8 Å². The van der Waals surface area contributed by atoms with Crippen LogP contribution in [0.25, 0.3) is 0 Å². The van der Waals surface area contributed by atoms with Gasteiger partial charge in [0.05, 0.1) is 6.54 Å². The highest BCUT2D eigenvalue weighted by Crippen LogP contribution is 2.15. The second-order valence-electron chi connectivity index (χ2n) is 3.76. The average Bonchev–Trinajstić information content (AvgIpc) is 2.29. The fourth-order valence-electron chi connectivity index (χ4n) is 1.48. The quantitative estimate of drug-likeness (QED) is 0.775. The molecular weight excluding hydrogens is 218 g/mol. The lowest BCUT2D eigenvalue weighted by atomic mass is 10.3. The van der Waals surface area contributed by atoms with Gasteiger partial charge in [0, 0.05) is 32.4 Å². The molecule has 0 saturated carbocycles. The molecule has 17 heavy (non-hydrogen) atoms. The third-order valence-corrected chi connectivity index (χ3v) is 2.28. The van der Waals surface area contributed by atoms with Gasteiger partial charge in [0.25, 0.3) is 0 Å². The minimum Gasteiger partial charge on any atom is -0.357 e. The zero-order chi connectivity index (χ0) is 12.8. The van der Waals surface area contributed by atoms with Crippen molar-refractivity contribution < 1.29 is 4.79 Å². The van der Waals surface area contributed by atoms with Crippen LogP contribution in [0.3, 0.4) is 0 Å². The first kappa shape index (κ1) is 13.2. The van der Waals surface area contributed by atoms with E-state index in [-0.39, 0.29) is 12.5 Å². The number of aryl methyl sites for hydroxylation is 1. The van der Waals surface area contributed by atoms with Gasteiger partial charge in [-0.3, -0.25) is 4.79 Å². The summed E-state index contributed by atoms with van der Waals surface area (Å²) in [7, 11) is 3.60. The van der Waals surface area contributed by atoms with E-state index in [1.807, 2.05) is 25.8 Å². The first-order valence-electron chi connectivity index (χ1n) is 5.57. The molecule has 2 N–H and O–H groups in total. The van der Waals surface area contributed by atoms with E-state index >= 15 is 0 Å². The van der Waals surface area contributed by atoms with Gasteiger partial charge in [0.1, 0.15) is 5.82 Å². The van der Waals surface area contributed by atoms with Crippen LogP contribution in [0.1, 0.15) is 12.5 Å². The number of likely N-dealkylation sites (N-methyl/N-ethyl adjacent to an activating group) is 2. The number of carbonyl (C=O) groups excluding carboxylic acids is 1. The van der Waals surface area contributed by atoms with Gasteiger partial charge in [-0.15, -0.1) is 0 Å². The van der Waals surface area contributed by atoms with Crippen molar-refractivity contribution in [2.75, 3.05) is 37.4 Å². The first-order valence-corrected chi connectivity index (χ1v) is 5.57. The van der Waals surface area contributed by atoms with Gasteiger partial charge < -0.3 is 15.5 Å². The number of nitrogens with one attached hydrogen (secondary N) is 2. The first-order chi connectivity index (χ1) is 8.08. The van der Waals surface area contributed by atoms with Crippen molar-refractivity contribution in [3.63, 3.8) is 0 Å². The van der Waals surface area contributed by atoms with Crippen LogP contribution in [0.15, 0.2) is 6.20 Å². The molecule has 0 aliphatic carbocycles. The summed E-state index contributed by atoms with van der Waals surface area (Å²) in [6.45, 7) is 4.74. The average molecular weight is 237 g/mol. The molecule has 1 heterocycles. The number of hydrogen-bond donors (Lipinski definition) is 2. The highest BCUT2D eigenvalue weighted by molar-refractivity contribution is 5.81. The number of aromatic nitrogens is 2. The Kier molecular flexibility index (Phi) is 4.68. The molecule has 0 aromatic carbocycles. The Morgan fingerprint density at radius 1 is 1.53 bits per heavy atom. The summed E-state index contributed by atoms with van der Waals surface area (Å²) in [4.78, 5) is 21.7. The zero-order valence-corrected chi connectivity index (χ0v) is 10.7. The number of hydrogen-bond acceptors (Lipinski definition) is 5. The molecule has 0 bridgehead atoms. The molecule has 1 aromatic rings. The normalized spacial score (nSPS) is 9.88. The maximum atomic E-state index is 11.5. The number of nitrogens with zero attached hydrogens (tertiary/aromatic N) is 3. The van der Waals surface area contributed by atoms with Crippen LogP contribution in [0.2, 0.25) is 0 Å². The van der Waals surface area contributed by atoms with Crippen molar-refractivity contribution in [2.45, 2.75) is 13.8 Å². The molecule has 0 unspecified atom stereocenters. The molecule has 6 nitrogen and oxygen atoms in total. The van der Waals surface area contributed by atoms with E-state index in [1.165, 1.54) is 0 Å². The number of carbonyl (C=O) groups is 1. The van der Waals surface area contributed by atoms with Crippen LogP contribution < -0.4 is 15.5 Å². The molecule has 0 spiro atoms. The van der Waals surface area contributed by atoms with Gasteiger partial charge in [0.2, 0.25) is 11.9 Å². The summed E-state index contributed by atoms with van der Waals surface area (Å²) >= 11 is 0. The molecule has 94 valence electrons. The van der Waals surface area contributed by atoms with E-state index in [1.54, 1.807) is 13.2 Å². The summed E-state index contributed by atoms with van der Waals surface area (Å²) in [6.07, 6.45) is 1.74. The van der Waals surface area contributed by atoms with Crippen molar-refractivity contribution in [3.8, 4) is 0 Å². The second kappa shape index (κ2) is 6.03. The Morgan fingerprint density at radius 3 is 2.82 bits per heavy atom. The van der Waals surface area contributed by atoms with Crippen molar-refractivity contribution in [1.82, 2.24) is 15.3 Å². The highest BCUT2D eigenvalue weighted by atomic mass is 16.2. The Balaban J connectivity index is 2.80. The standard InChI is InChI=1S/C11H19N5O/c1-5-13-9(17)7-16(4)10-8(2)6-14-11(12-3)15-10/h6H,5,7H2,1-4H3,(H,13,17)(H,12,14,15). The van der Waals surface area contributed by atoms with E-state index in [2.05, 4.69) is 20.6 Å². The molecular formula is C11H19N5O. The van der Waals surface area contributed by atoms with E-state index in [9.17, 15) is 4.79 Å². The zero-order valence-electron chi connectivity index (χ0n) is 10.7. The lowest BCUT2D eigenvalue weighted by molar-refractivity contribution is -0.119. The summed E-state index contributed by atoms with van der Waals surface area (Å²) in [6, 6.07) is 0. The number of amides is 1. The summed E-state index contributed by atoms with van der Waals surface area (Å²) < 4.78 is 0. The van der Waals surface area contributed by atoms with Crippen molar-refractivity contribution >= 4 is 17.7 Å². The topological polar surface area (TPSA) is 70.2 Å². The molecule has 0 radical (unpaired) electrons. The van der Waals surface area contributed by atoms with Crippen LogP contribution >= 0.6 is 0 Å². The predicted molar refractivity (Wildman–Crippen MR) is 68.3 cm³/mol. The van der Waals surface area contributed by atoms with Gasteiger partial charge in [-0.05, 0) is 13.8 Å². The van der Waals surface area contributed by atoms with Gasteiger partial charge in [-0.2, -0.15) is 4.98 Å². The van der Waals surface area contributed by atoms with Gasteiger partial charge in [0.15, 0.2) is 0 Å². The highest BCUT2D eigenvalue weighted by Gasteiger charge is 2.11.